The van der Waals surface area contributed by atoms with Crippen LogP contribution in [-0.4, -0.2) is 66.6 Å². The lowest BCUT2D eigenvalue weighted by molar-refractivity contribution is -0.119. The second-order valence-electron chi connectivity index (χ2n) is 8.36. The molecular weight excluding hydrogens is 528 g/mol. The minimum absolute atomic E-state index is 0.00224. The first-order valence-electron chi connectivity index (χ1n) is 11.9. The molecule has 0 aliphatic carbocycles. The van der Waals surface area contributed by atoms with Gasteiger partial charge < -0.3 is 30.1 Å². The molecule has 0 saturated carbocycles. The molecule has 0 aliphatic heterocycles. The number of aromatic amines is 2. The Morgan fingerprint density at radius 3 is 1.44 bits per heavy atom. The van der Waals surface area contributed by atoms with Gasteiger partial charge in [-0.3, -0.25) is 18.7 Å². The number of H-pyrrole nitrogens is 2. The smallest absolute Gasteiger partial charge is 0.394 e. The van der Waals surface area contributed by atoms with E-state index in [1.165, 1.54) is 25.0 Å². The van der Waals surface area contributed by atoms with Crippen molar-refractivity contribution in [2.75, 3.05) is 27.3 Å². The molecule has 0 saturated heterocycles. The van der Waals surface area contributed by atoms with E-state index in [1.807, 2.05) is 48.8 Å². The van der Waals surface area contributed by atoms with E-state index in [2.05, 4.69) is 20.6 Å². The monoisotopic (exact) mass is 562 g/mol. The van der Waals surface area contributed by atoms with Gasteiger partial charge in [0, 0.05) is 61.1 Å². The maximum Gasteiger partial charge on any atom is 0.394 e. The molecule has 4 rings (SSSR count). The summed E-state index contributed by atoms with van der Waals surface area (Å²) in [6.45, 7) is 4.36. The summed E-state index contributed by atoms with van der Waals surface area (Å²) in [7, 11) is -1.35. The third-order valence-electron chi connectivity index (χ3n) is 5.49. The fraction of sp³-hybridized carbons (Fsp3) is 0.308. The van der Waals surface area contributed by atoms with E-state index < -0.39 is 10.4 Å². The largest absolute Gasteiger partial charge is 0.497 e. The molecule has 212 valence electrons. The van der Waals surface area contributed by atoms with E-state index in [-0.39, 0.29) is 11.8 Å². The Kier molecular flexibility index (Phi) is 11.8. The van der Waals surface area contributed by atoms with Crippen molar-refractivity contribution in [2.45, 2.75) is 26.7 Å². The molecule has 0 aliphatic rings. The van der Waals surface area contributed by atoms with Gasteiger partial charge in [0.1, 0.15) is 11.5 Å². The SMILES string of the molecule is COc1ccc2[nH]cc(CCNC(C)=O)c2c1.COc1ccc2[nH]cc(CCNC(C)=O)c2c1.O=S(=O)(O)O. The highest BCUT2D eigenvalue weighted by atomic mass is 32.3. The topological polar surface area (TPSA) is 183 Å². The molecule has 6 N–H and O–H groups in total. The molecule has 0 unspecified atom stereocenters. The summed E-state index contributed by atoms with van der Waals surface area (Å²) in [4.78, 5) is 28.0. The molecule has 0 radical (unpaired) electrons. The first-order chi connectivity index (χ1) is 18.4. The first kappa shape index (κ1) is 31.1. The molecule has 0 fully saturated rings. The Hall–Kier alpha value is -4.07. The van der Waals surface area contributed by atoms with Crippen molar-refractivity contribution in [1.29, 1.82) is 0 Å². The van der Waals surface area contributed by atoms with Gasteiger partial charge in [-0.05, 0) is 60.4 Å². The van der Waals surface area contributed by atoms with Gasteiger partial charge in [0.15, 0.2) is 0 Å². The van der Waals surface area contributed by atoms with Crippen LogP contribution in [0.4, 0.5) is 0 Å². The Morgan fingerprint density at radius 1 is 0.769 bits per heavy atom. The number of methoxy groups -OCH3 is 2. The van der Waals surface area contributed by atoms with E-state index >= 15 is 0 Å². The molecule has 13 heteroatoms. The van der Waals surface area contributed by atoms with Gasteiger partial charge in [0.05, 0.1) is 14.2 Å². The maximum absolute atomic E-state index is 10.8. The number of benzene rings is 2. The second-order valence-corrected chi connectivity index (χ2v) is 9.26. The molecule has 2 heterocycles. The van der Waals surface area contributed by atoms with E-state index in [0.29, 0.717) is 13.1 Å². The van der Waals surface area contributed by atoms with Crippen molar-refractivity contribution >= 4 is 44.0 Å². The molecule has 0 atom stereocenters. The van der Waals surface area contributed by atoms with Crippen LogP contribution < -0.4 is 20.1 Å². The summed E-state index contributed by atoms with van der Waals surface area (Å²) < 4.78 is 42.0. The average Bonchev–Trinajstić information content (AvgIpc) is 3.46. The molecule has 2 aromatic heterocycles. The van der Waals surface area contributed by atoms with Crippen molar-refractivity contribution < 1.29 is 36.6 Å². The van der Waals surface area contributed by atoms with Crippen LogP contribution in [0.3, 0.4) is 0 Å². The highest BCUT2D eigenvalue weighted by Crippen LogP contribution is 2.24. The number of aromatic nitrogens is 2. The predicted molar refractivity (Wildman–Crippen MR) is 149 cm³/mol. The second kappa shape index (κ2) is 14.8. The molecule has 12 nitrogen and oxygen atoms in total. The van der Waals surface area contributed by atoms with Gasteiger partial charge in [0.25, 0.3) is 0 Å². The van der Waals surface area contributed by atoms with Crippen LogP contribution in [0.5, 0.6) is 11.5 Å². The van der Waals surface area contributed by atoms with Crippen LogP contribution in [0.25, 0.3) is 21.8 Å². The van der Waals surface area contributed by atoms with Crippen molar-refractivity contribution in [3.05, 3.63) is 59.9 Å². The van der Waals surface area contributed by atoms with Crippen LogP contribution in [0.1, 0.15) is 25.0 Å². The number of amides is 2. The van der Waals surface area contributed by atoms with Crippen LogP contribution in [-0.2, 0) is 32.8 Å². The number of nitrogens with one attached hydrogen (secondary N) is 4. The number of carbonyl (C=O) groups is 2. The van der Waals surface area contributed by atoms with Gasteiger partial charge in [-0.1, -0.05) is 0 Å². The molecule has 4 aromatic rings. The minimum atomic E-state index is -4.67. The van der Waals surface area contributed by atoms with Crippen LogP contribution in [0.15, 0.2) is 48.8 Å². The molecule has 39 heavy (non-hydrogen) atoms. The number of hydrogen-bond acceptors (Lipinski definition) is 6. The van der Waals surface area contributed by atoms with Crippen LogP contribution in [0, 0.1) is 0 Å². The standard InChI is InChI=1S/2C13H16N2O2.H2O4S/c2*1-9(16)14-6-5-10-8-15-13-4-3-11(17-2)7-12(10)13;1-5(2,3)4/h2*3-4,7-8,15H,5-6H2,1-2H3,(H,14,16);(H2,1,2,3,4). The Balaban J connectivity index is 0.000000234. The average molecular weight is 563 g/mol. The normalized spacial score (nSPS) is 10.6. The third-order valence-corrected chi connectivity index (χ3v) is 5.49. The third kappa shape index (κ3) is 11.1. The zero-order valence-corrected chi connectivity index (χ0v) is 23.0. The van der Waals surface area contributed by atoms with Gasteiger partial charge >= 0.3 is 10.4 Å². The predicted octanol–water partition coefficient (Wildman–Crippen LogP) is 3.06. The van der Waals surface area contributed by atoms with Crippen molar-refractivity contribution in [1.82, 2.24) is 20.6 Å². The highest BCUT2D eigenvalue weighted by Gasteiger charge is 2.06. The van der Waals surface area contributed by atoms with Gasteiger partial charge in [-0.25, -0.2) is 0 Å². The number of fused-ring (bicyclic) bond motifs is 2. The lowest BCUT2D eigenvalue weighted by Crippen LogP contribution is -2.22. The van der Waals surface area contributed by atoms with Crippen molar-refractivity contribution in [2.24, 2.45) is 0 Å². The lowest BCUT2D eigenvalue weighted by atomic mass is 10.1. The minimum Gasteiger partial charge on any atom is -0.497 e. The van der Waals surface area contributed by atoms with E-state index in [0.717, 1.165) is 46.1 Å². The fourth-order valence-electron chi connectivity index (χ4n) is 3.73. The number of carbonyl (C=O) groups excluding carboxylic acids is 2. The zero-order chi connectivity index (χ0) is 29.0. The van der Waals surface area contributed by atoms with E-state index in [4.69, 9.17) is 27.0 Å². The van der Waals surface area contributed by atoms with E-state index in [1.54, 1.807) is 14.2 Å². The van der Waals surface area contributed by atoms with Crippen LogP contribution >= 0.6 is 0 Å². The summed E-state index contributed by atoms with van der Waals surface area (Å²) >= 11 is 0. The van der Waals surface area contributed by atoms with Crippen molar-refractivity contribution in [3.63, 3.8) is 0 Å². The summed E-state index contributed by atoms with van der Waals surface area (Å²) in [5.41, 5.74) is 4.55. The molecule has 2 aromatic carbocycles. The van der Waals surface area contributed by atoms with Crippen LogP contribution in [0.2, 0.25) is 0 Å². The fourth-order valence-corrected chi connectivity index (χ4v) is 3.73. The summed E-state index contributed by atoms with van der Waals surface area (Å²) in [5.74, 6) is 1.69. The summed E-state index contributed by atoms with van der Waals surface area (Å²) in [6.07, 6.45) is 5.58. The molecule has 0 spiro atoms. The Labute approximate surface area is 226 Å². The highest BCUT2D eigenvalue weighted by molar-refractivity contribution is 7.79. The lowest BCUT2D eigenvalue weighted by Gasteiger charge is -2.03. The van der Waals surface area contributed by atoms with Crippen molar-refractivity contribution in [3.8, 4) is 11.5 Å². The maximum atomic E-state index is 10.8. The number of rotatable bonds is 8. The zero-order valence-electron chi connectivity index (χ0n) is 22.2. The quantitative estimate of drug-likeness (QED) is 0.177. The number of ether oxygens (including phenoxy) is 2. The van der Waals surface area contributed by atoms with Gasteiger partial charge in [-0.2, -0.15) is 8.42 Å². The molecule has 2 amide bonds. The number of hydrogen-bond donors (Lipinski definition) is 6. The summed E-state index contributed by atoms with van der Waals surface area (Å²) in [5, 5.41) is 7.88. The van der Waals surface area contributed by atoms with Gasteiger partial charge in [0.2, 0.25) is 11.8 Å². The first-order valence-corrected chi connectivity index (χ1v) is 13.3. The molecule has 0 bridgehead atoms. The molecular formula is C26H34N4O8S. The Bertz CT molecular complexity index is 1390. The van der Waals surface area contributed by atoms with E-state index in [9.17, 15) is 9.59 Å². The van der Waals surface area contributed by atoms with Gasteiger partial charge in [-0.15, -0.1) is 0 Å². The Morgan fingerprint density at radius 2 is 1.13 bits per heavy atom. The summed E-state index contributed by atoms with van der Waals surface area (Å²) in [6, 6.07) is 11.9.